The quantitative estimate of drug-likeness (QED) is 0.593. The van der Waals surface area contributed by atoms with Crippen LogP contribution in [0, 0.1) is 17.5 Å². The minimum absolute atomic E-state index is 0.0122. The van der Waals surface area contributed by atoms with Crippen LogP contribution in [0.25, 0.3) is 10.9 Å². The number of hydrogen-bond donors (Lipinski definition) is 2. The predicted molar refractivity (Wildman–Crippen MR) is 96.8 cm³/mol. The van der Waals surface area contributed by atoms with Crippen molar-refractivity contribution in [2.45, 2.75) is 0 Å². The molecule has 0 atom stereocenters. The topological polar surface area (TPSA) is 72.8 Å². The SMILES string of the molecule is CNc1cc(F)c(Oc2ccnc3cc(OC)c(OCCO)cc23)c(F)c1F. The fourth-order valence-corrected chi connectivity index (χ4v) is 2.61. The van der Waals surface area contributed by atoms with Crippen LogP contribution < -0.4 is 19.5 Å². The Labute approximate surface area is 158 Å². The predicted octanol–water partition coefficient (Wildman–Crippen LogP) is 3.87. The first-order valence-electron chi connectivity index (χ1n) is 8.23. The summed E-state index contributed by atoms with van der Waals surface area (Å²) >= 11 is 0. The number of fused-ring (bicyclic) bond motifs is 1. The number of aliphatic hydroxyl groups is 1. The number of aliphatic hydroxyl groups excluding tert-OH is 1. The highest BCUT2D eigenvalue weighted by Gasteiger charge is 2.21. The molecule has 2 N–H and O–H groups in total. The third-order valence-corrected chi connectivity index (χ3v) is 3.93. The second-order valence-electron chi connectivity index (χ2n) is 5.62. The summed E-state index contributed by atoms with van der Waals surface area (Å²) in [5.74, 6) is -4.00. The molecule has 2 aromatic carbocycles. The largest absolute Gasteiger partial charge is 0.493 e. The summed E-state index contributed by atoms with van der Waals surface area (Å²) in [5, 5.41) is 11.7. The van der Waals surface area contributed by atoms with Gasteiger partial charge in [0.2, 0.25) is 11.6 Å². The summed E-state index contributed by atoms with van der Waals surface area (Å²) in [6.07, 6.45) is 1.37. The van der Waals surface area contributed by atoms with Crippen molar-refractivity contribution in [2.24, 2.45) is 0 Å². The molecule has 0 saturated carbocycles. The molecule has 0 aliphatic carbocycles. The third-order valence-electron chi connectivity index (χ3n) is 3.93. The molecule has 0 aliphatic heterocycles. The number of benzene rings is 2. The average molecular weight is 394 g/mol. The number of pyridine rings is 1. The fraction of sp³-hybridized carbons (Fsp3) is 0.211. The number of anilines is 1. The van der Waals surface area contributed by atoms with Gasteiger partial charge in [-0.15, -0.1) is 0 Å². The van der Waals surface area contributed by atoms with Gasteiger partial charge < -0.3 is 24.6 Å². The first-order valence-corrected chi connectivity index (χ1v) is 8.23. The molecule has 1 heterocycles. The summed E-state index contributed by atoms with van der Waals surface area (Å²) in [6.45, 7) is -0.205. The van der Waals surface area contributed by atoms with Gasteiger partial charge in [-0.1, -0.05) is 0 Å². The number of ether oxygens (including phenoxy) is 3. The fourth-order valence-electron chi connectivity index (χ4n) is 2.61. The average Bonchev–Trinajstić information content (AvgIpc) is 2.71. The maximum atomic E-state index is 14.3. The zero-order valence-electron chi connectivity index (χ0n) is 15.1. The van der Waals surface area contributed by atoms with Crippen molar-refractivity contribution in [1.82, 2.24) is 4.98 Å². The third kappa shape index (κ3) is 3.61. The van der Waals surface area contributed by atoms with Gasteiger partial charge in [-0.05, 0) is 12.1 Å². The first kappa shape index (κ1) is 19.6. The Morgan fingerprint density at radius 1 is 1.07 bits per heavy atom. The highest BCUT2D eigenvalue weighted by atomic mass is 19.2. The highest BCUT2D eigenvalue weighted by molar-refractivity contribution is 5.88. The summed E-state index contributed by atoms with van der Waals surface area (Å²) in [4.78, 5) is 4.17. The van der Waals surface area contributed by atoms with Crippen molar-refractivity contribution >= 4 is 16.6 Å². The zero-order valence-corrected chi connectivity index (χ0v) is 15.1. The molecule has 9 heteroatoms. The Morgan fingerprint density at radius 2 is 1.86 bits per heavy atom. The molecule has 148 valence electrons. The lowest BCUT2D eigenvalue weighted by Crippen LogP contribution is -2.04. The van der Waals surface area contributed by atoms with Crippen molar-refractivity contribution in [3.05, 3.63) is 47.9 Å². The molecule has 0 radical (unpaired) electrons. The van der Waals surface area contributed by atoms with Crippen LogP contribution in [0.1, 0.15) is 0 Å². The van der Waals surface area contributed by atoms with Crippen LogP contribution in [0.4, 0.5) is 18.9 Å². The summed E-state index contributed by atoms with van der Waals surface area (Å²) < 4.78 is 58.6. The van der Waals surface area contributed by atoms with Crippen molar-refractivity contribution in [2.75, 3.05) is 32.7 Å². The molecule has 3 aromatic rings. The van der Waals surface area contributed by atoms with E-state index in [1.54, 1.807) is 6.07 Å². The second-order valence-corrected chi connectivity index (χ2v) is 5.62. The van der Waals surface area contributed by atoms with Gasteiger partial charge in [0.15, 0.2) is 23.1 Å². The van der Waals surface area contributed by atoms with Crippen LogP contribution in [0.5, 0.6) is 23.0 Å². The van der Waals surface area contributed by atoms with Gasteiger partial charge in [0.05, 0.1) is 24.9 Å². The van der Waals surface area contributed by atoms with E-state index in [9.17, 15) is 13.2 Å². The van der Waals surface area contributed by atoms with E-state index in [0.717, 1.165) is 6.07 Å². The van der Waals surface area contributed by atoms with Gasteiger partial charge in [-0.25, -0.2) is 8.78 Å². The lowest BCUT2D eigenvalue weighted by Gasteiger charge is -2.15. The van der Waals surface area contributed by atoms with Crippen LogP contribution in [-0.4, -0.2) is 37.5 Å². The van der Waals surface area contributed by atoms with Crippen molar-refractivity contribution in [1.29, 1.82) is 0 Å². The van der Waals surface area contributed by atoms with Crippen LogP contribution in [0.2, 0.25) is 0 Å². The molecular weight excluding hydrogens is 377 g/mol. The molecule has 0 saturated heterocycles. The van der Waals surface area contributed by atoms with Crippen LogP contribution >= 0.6 is 0 Å². The Kier molecular flexibility index (Phi) is 5.74. The molecule has 0 amide bonds. The van der Waals surface area contributed by atoms with Gasteiger partial charge in [-0.3, -0.25) is 4.98 Å². The monoisotopic (exact) mass is 394 g/mol. The molecule has 0 fully saturated rings. The van der Waals surface area contributed by atoms with Crippen molar-refractivity contribution in [3.63, 3.8) is 0 Å². The normalized spacial score (nSPS) is 10.8. The van der Waals surface area contributed by atoms with E-state index in [0.29, 0.717) is 16.7 Å². The van der Waals surface area contributed by atoms with Gasteiger partial charge >= 0.3 is 0 Å². The standard InChI is InChI=1S/C19H17F3N2O4/c1-23-13-8-11(20)19(18(22)17(13)21)28-14-3-4-24-12-9-15(26-2)16(7-10(12)14)27-6-5-25/h3-4,7-9,23,25H,5-6H2,1-2H3. The number of nitrogens with zero attached hydrogens (tertiary/aromatic N) is 1. The second kappa shape index (κ2) is 8.22. The number of halogens is 3. The maximum Gasteiger partial charge on any atom is 0.206 e. The van der Waals surface area contributed by atoms with Gasteiger partial charge in [0.25, 0.3) is 0 Å². The summed E-state index contributed by atoms with van der Waals surface area (Å²) in [5.41, 5.74) is 0.0743. The maximum absolute atomic E-state index is 14.3. The molecular formula is C19H17F3N2O4. The molecule has 3 rings (SSSR count). The van der Waals surface area contributed by atoms with E-state index in [1.165, 1.54) is 32.5 Å². The smallest absolute Gasteiger partial charge is 0.206 e. The van der Waals surface area contributed by atoms with Crippen LogP contribution in [-0.2, 0) is 0 Å². The molecule has 1 aromatic heterocycles. The lowest BCUT2D eigenvalue weighted by atomic mass is 10.1. The van der Waals surface area contributed by atoms with Gasteiger partial charge in [-0.2, -0.15) is 4.39 Å². The first-order chi connectivity index (χ1) is 13.5. The van der Waals surface area contributed by atoms with E-state index >= 15 is 0 Å². The van der Waals surface area contributed by atoms with E-state index in [-0.39, 0.29) is 30.4 Å². The number of rotatable bonds is 7. The van der Waals surface area contributed by atoms with E-state index in [4.69, 9.17) is 19.3 Å². The molecule has 0 spiro atoms. The van der Waals surface area contributed by atoms with Gasteiger partial charge in [0.1, 0.15) is 12.4 Å². The Hall–Kier alpha value is -3.20. The zero-order chi connectivity index (χ0) is 20.3. The Balaban J connectivity index is 2.10. The summed E-state index contributed by atoms with van der Waals surface area (Å²) in [6, 6.07) is 5.23. The highest BCUT2D eigenvalue weighted by Crippen LogP contribution is 2.39. The van der Waals surface area contributed by atoms with E-state index in [2.05, 4.69) is 10.3 Å². The lowest BCUT2D eigenvalue weighted by molar-refractivity contribution is 0.196. The molecule has 6 nitrogen and oxygen atoms in total. The van der Waals surface area contributed by atoms with E-state index in [1.807, 2.05) is 0 Å². The molecule has 28 heavy (non-hydrogen) atoms. The minimum atomic E-state index is -1.46. The van der Waals surface area contributed by atoms with Crippen molar-refractivity contribution < 1.29 is 32.5 Å². The Morgan fingerprint density at radius 3 is 2.54 bits per heavy atom. The minimum Gasteiger partial charge on any atom is -0.493 e. The number of aromatic nitrogens is 1. The van der Waals surface area contributed by atoms with Gasteiger partial charge in [0, 0.05) is 30.8 Å². The molecule has 0 aliphatic rings. The number of nitrogens with one attached hydrogen (secondary N) is 1. The van der Waals surface area contributed by atoms with E-state index < -0.39 is 23.2 Å². The Bertz CT molecular complexity index is 1010. The van der Waals surface area contributed by atoms with Crippen molar-refractivity contribution in [3.8, 4) is 23.0 Å². The van der Waals surface area contributed by atoms with Crippen LogP contribution in [0.15, 0.2) is 30.5 Å². The van der Waals surface area contributed by atoms with Crippen LogP contribution in [0.3, 0.4) is 0 Å². The molecule has 0 unspecified atom stereocenters. The molecule has 0 bridgehead atoms. The summed E-state index contributed by atoms with van der Waals surface area (Å²) in [7, 11) is 2.78. The number of methoxy groups -OCH3 is 1. The number of hydrogen-bond acceptors (Lipinski definition) is 6.